The number of nitrogens with zero attached hydrogens (tertiary/aromatic N) is 2. The minimum atomic E-state index is -1.32. The average molecular weight is 689 g/mol. The lowest BCUT2D eigenvalue weighted by atomic mass is 9.70. The summed E-state index contributed by atoms with van der Waals surface area (Å²) in [5, 5.41) is 13.3. The zero-order valence-electron chi connectivity index (χ0n) is 26.8. The Balaban J connectivity index is 1.72. The Hall–Kier alpha value is -3.02. The van der Waals surface area contributed by atoms with Crippen molar-refractivity contribution in [3.8, 4) is 0 Å². The smallest absolute Gasteiger partial charge is 0.312 e. The number of alkyl halides is 1. The van der Waals surface area contributed by atoms with Gasteiger partial charge < -0.3 is 29.7 Å². The summed E-state index contributed by atoms with van der Waals surface area (Å²) >= 11 is 3.69. The van der Waals surface area contributed by atoms with Gasteiger partial charge in [-0.2, -0.15) is 0 Å². The van der Waals surface area contributed by atoms with Gasteiger partial charge in [0.15, 0.2) is 0 Å². The second kappa shape index (κ2) is 14.2. The van der Waals surface area contributed by atoms with Crippen molar-refractivity contribution in [2.24, 2.45) is 17.8 Å². The van der Waals surface area contributed by atoms with Gasteiger partial charge in [0.2, 0.25) is 11.8 Å². The van der Waals surface area contributed by atoms with Crippen molar-refractivity contribution in [2.75, 3.05) is 24.6 Å². The predicted octanol–water partition coefficient (Wildman–Crippen LogP) is 3.60. The molecule has 246 valence electrons. The van der Waals surface area contributed by atoms with E-state index in [4.69, 9.17) is 9.47 Å². The number of aliphatic hydroxyl groups excluding tert-OH is 1. The molecule has 0 aliphatic carbocycles. The van der Waals surface area contributed by atoms with Crippen molar-refractivity contribution in [2.45, 2.75) is 88.6 Å². The number of nitrogens with one attached hydrogen (secondary N) is 1. The molecule has 11 heteroatoms. The maximum Gasteiger partial charge on any atom is 0.312 e. The minimum Gasteiger partial charge on any atom is -0.460 e. The summed E-state index contributed by atoms with van der Waals surface area (Å²) in [6.07, 6.45) is 3.08. The fraction of sp³-hybridized carbons (Fsp3) is 0.588. The Labute approximate surface area is 274 Å². The molecular weight excluding hydrogens is 642 g/mol. The topological polar surface area (TPSA) is 125 Å². The molecule has 0 aromatic heterocycles. The van der Waals surface area contributed by atoms with Gasteiger partial charge in [-0.1, -0.05) is 54.1 Å². The molecule has 0 saturated carbocycles. The van der Waals surface area contributed by atoms with Crippen LogP contribution in [0.25, 0.3) is 0 Å². The number of likely N-dealkylation sites (tertiary alicyclic amines) is 1. The third-order valence-corrected chi connectivity index (χ3v) is 10.1. The van der Waals surface area contributed by atoms with Crippen molar-refractivity contribution < 1.29 is 33.8 Å². The fourth-order valence-corrected chi connectivity index (χ4v) is 8.03. The van der Waals surface area contributed by atoms with Crippen LogP contribution in [0.3, 0.4) is 0 Å². The van der Waals surface area contributed by atoms with Gasteiger partial charge in [-0.3, -0.25) is 19.2 Å². The molecule has 3 aliphatic rings. The molecule has 10 nitrogen and oxygen atoms in total. The SMILES string of the molecule is C=CCCC(=O)NC[C@H](C)OC(=O)[C@H]1[C@@H]2O[C@@]3(CC2Br)[C@@H]1C(=O)N([C@@H](CO)C(C)C)[C@@H]3C(=O)N(CC=C)c1cc(C)ccc1C. The number of benzene rings is 1. The van der Waals surface area contributed by atoms with Crippen LogP contribution in [0.4, 0.5) is 5.69 Å². The molecule has 8 atom stereocenters. The number of ether oxygens (including phenoxy) is 2. The number of esters is 1. The van der Waals surface area contributed by atoms with Gasteiger partial charge in [0, 0.05) is 23.5 Å². The third kappa shape index (κ3) is 6.49. The van der Waals surface area contributed by atoms with Crippen LogP contribution in [0.5, 0.6) is 0 Å². The van der Waals surface area contributed by atoms with E-state index in [0.29, 0.717) is 18.5 Å². The minimum absolute atomic E-state index is 0.112. The Morgan fingerprint density at radius 1 is 1.24 bits per heavy atom. The molecule has 3 fully saturated rings. The van der Waals surface area contributed by atoms with Gasteiger partial charge in [-0.15, -0.1) is 13.2 Å². The number of hydrogen-bond donors (Lipinski definition) is 2. The summed E-state index contributed by atoms with van der Waals surface area (Å²) in [5.41, 5.74) is 1.22. The number of amides is 3. The Kier molecular flexibility index (Phi) is 11.0. The lowest BCUT2D eigenvalue weighted by Crippen LogP contribution is -2.60. The molecule has 3 heterocycles. The highest BCUT2D eigenvalue weighted by Crippen LogP contribution is 2.61. The number of halogens is 1. The monoisotopic (exact) mass is 687 g/mol. The van der Waals surface area contributed by atoms with Gasteiger partial charge in [0.05, 0.1) is 37.1 Å². The number of rotatable bonds is 14. The zero-order chi connectivity index (χ0) is 33.2. The highest BCUT2D eigenvalue weighted by Gasteiger charge is 2.77. The van der Waals surface area contributed by atoms with E-state index in [1.165, 1.54) is 4.90 Å². The standard InChI is InChI=1S/C34H46BrN3O7/c1-8-10-11-26(40)36-17-22(7)44-33(43)27-28-31(41)38(25(18-39)19(3)4)30(34(28)16-23(35)29(27)45-34)32(42)37(14-9-2)24-15-20(5)12-13-21(24)6/h8-9,12-13,15,19,22-23,25,27-30,39H,1-2,10-11,14,16-18H2,3-7H3,(H,36,40)/t22-,23?,25-,27+,28-,29+,30+,34-/m0/s1. The van der Waals surface area contributed by atoms with Crippen LogP contribution >= 0.6 is 15.9 Å². The van der Waals surface area contributed by atoms with E-state index >= 15 is 0 Å². The number of carbonyl (C=O) groups is 4. The predicted molar refractivity (Wildman–Crippen MR) is 175 cm³/mol. The highest BCUT2D eigenvalue weighted by molar-refractivity contribution is 9.09. The van der Waals surface area contributed by atoms with E-state index in [9.17, 15) is 24.3 Å². The number of anilines is 1. The number of carbonyl (C=O) groups excluding carboxylic acids is 4. The summed E-state index contributed by atoms with van der Waals surface area (Å²) in [5.74, 6) is -3.71. The maximum atomic E-state index is 14.9. The number of hydrogen-bond acceptors (Lipinski definition) is 7. The summed E-state index contributed by atoms with van der Waals surface area (Å²) in [4.78, 5) is 58.0. The van der Waals surface area contributed by atoms with Crippen molar-refractivity contribution in [1.82, 2.24) is 10.2 Å². The largest absolute Gasteiger partial charge is 0.460 e. The van der Waals surface area contributed by atoms with Gasteiger partial charge in [-0.25, -0.2) is 0 Å². The fourth-order valence-electron chi connectivity index (χ4n) is 7.09. The summed E-state index contributed by atoms with van der Waals surface area (Å²) in [6, 6.07) is 4.05. The molecular formula is C34H46BrN3O7. The van der Waals surface area contributed by atoms with Gasteiger partial charge in [-0.05, 0) is 56.7 Å². The first-order chi connectivity index (χ1) is 21.3. The maximum absolute atomic E-state index is 14.9. The number of allylic oxidation sites excluding steroid dienone is 1. The molecule has 1 aromatic carbocycles. The van der Waals surface area contributed by atoms with Crippen molar-refractivity contribution >= 4 is 45.3 Å². The first kappa shape index (κ1) is 34.8. The number of aryl methyl sites for hydroxylation is 2. The van der Waals surface area contributed by atoms with Crippen molar-refractivity contribution in [1.29, 1.82) is 0 Å². The highest BCUT2D eigenvalue weighted by atomic mass is 79.9. The molecule has 4 rings (SSSR count). The molecule has 1 aromatic rings. The first-order valence-corrected chi connectivity index (χ1v) is 16.6. The lowest BCUT2D eigenvalue weighted by Gasteiger charge is -2.40. The second-order valence-corrected chi connectivity index (χ2v) is 14.0. The van der Waals surface area contributed by atoms with Crippen molar-refractivity contribution in [3.05, 3.63) is 54.6 Å². The Morgan fingerprint density at radius 2 is 1.96 bits per heavy atom. The molecule has 1 spiro atoms. The summed E-state index contributed by atoms with van der Waals surface area (Å²) in [7, 11) is 0. The Morgan fingerprint density at radius 3 is 2.58 bits per heavy atom. The van der Waals surface area contributed by atoms with E-state index in [0.717, 1.165) is 11.1 Å². The molecule has 2 bridgehead atoms. The van der Waals surface area contributed by atoms with Crippen LogP contribution in [0.1, 0.15) is 51.2 Å². The van der Waals surface area contributed by atoms with E-state index in [1.807, 2.05) is 45.9 Å². The first-order valence-electron chi connectivity index (χ1n) is 15.6. The molecule has 2 N–H and O–H groups in total. The van der Waals surface area contributed by atoms with Crippen LogP contribution in [0.2, 0.25) is 0 Å². The number of aliphatic hydroxyl groups is 1. The third-order valence-electron chi connectivity index (χ3n) is 9.26. The van der Waals surface area contributed by atoms with E-state index < -0.39 is 53.6 Å². The van der Waals surface area contributed by atoms with Crippen LogP contribution in [0.15, 0.2) is 43.5 Å². The van der Waals surface area contributed by atoms with Crippen LogP contribution in [0, 0.1) is 31.6 Å². The van der Waals surface area contributed by atoms with Crippen LogP contribution < -0.4 is 10.2 Å². The number of fused-ring (bicyclic) bond motifs is 1. The zero-order valence-corrected chi connectivity index (χ0v) is 28.4. The van der Waals surface area contributed by atoms with E-state index in [1.54, 1.807) is 24.0 Å². The van der Waals surface area contributed by atoms with E-state index in [-0.39, 0.29) is 48.7 Å². The Bertz CT molecular complexity index is 1330. The lowest BCUT2D eigenvalue weighted by molar-refractivity contribution is -0.159. The van der Waals surface area contributed by atoms with Crippen LogP contribution in [-0.4, -0.2) is 88.1 Å². The average Bonchev–Trinajstić information content (AvgIpc) is 3.58. The van der Waals surface area contributed by atoms with Gasteiger partial charge in [0.25, 0.3) is 5.91 Å². The van der Waals surface area contributed by atoms with Crippen LogP contribution in [-0.2, 0) is 28.7 Å². The summed E-state index contributed by atoms with van der Waals surface area (Å²) in [6.45, 7) is 16.8. The molecule has 3 saturated heterocycles. The molecule has 3 amide bonds. The second-order valence-electron chi connectivity index (χ2n) is 12.8. The summed E-state index contributed by atoms with van der Waals surface area (Å²) < 4.78 is 12.4. The molecule has 0 radical (unpaired) electrons. The van der Waals surface area contributed by atoms with Gasteiger partial charge in [0.1, 0.15) is 17.7 Å². The van der Waals surface area contributed by atoms with Crippen molar-refractivity contribution in [3.63, 3.8) is 0 Å². The molecule has 45 heavy (non-hydrogen) atoms. The molecule has 3 aliphatic heterocycles. The molecule has 1 unspecified atom stereocenters. The quantitative estimate of drug-likeness (QED) is 0.174. The van der Waals surface area contributed by atoms with Gasteiger partial charge >= 0.3 is 5.97 Å². The van der Waals surface area contributed by atoms with E-state index in [2.05, 4.69) is 34.4 Å². The normalized spacial score (nSPS) is 28.0.